The fourth-order valence-electron chi connectivity index (χ4n) is 3.90. The summed E-state index contributed by atoms with van der Waals surface area (Å²) in [5.74, 6) is -0.0371. The van der Waals surface area contributed by atoms with E-state index in [0.29, 0.717) is 23.6 Å². The van der Waals surface area contributed by atoms with Crippen LogP contribution in [0.5, 0.6) is 5.75 Å². The number of carbonyl (C=O) groups is 2. The van der Waals surface area contributed by atoms with Crippen LogP contribution in [0.4, 0.5) is 5.69 Å². The van der Waals surface area contributed by atoms with Gasteiger partial charge in [0.2, 0.25) is 0 Å². The van der Waals surface area contributed by atoms with Gasteiger partial charge in [0.1, 0.15) is 11.3 Å². The number of hydrogen-bond donors (Lipinski definition) is 1. The van der Waals surface area contributed by atoms with Gasteiger partial charge in [-0.3, -0.25) is 14.4 Å². The molecule has 3 heterocycles. The zero-order valence-electron chi connectivity index (χ0n) is 15.8. The molecule has 1 unspecified atom stereocenters. The number of carbonyl (C=O) groups excluding carboxylic acids is 2. The number of rotatable bonds is 2. The Morgan fingerprint density at radius 2 is 2.04 bits per heavy atom. The number of aryl methyl sites for hydroxylation is 1. The van der Waals surface area contributed by atoms with Crippen LogP contribution in [0.3, 0.4) is 0 Å². The number of anilines is 1. The number of fused-ring (bicyclic) bond motifs is 2. The molecule has 1 fully saturated rings. The summed E-state index contributed by atoms with van der Waals surface area (Å²) in [6.07, 6.45) is 5.56. The van der Waals surface area contributed by atoms with E-state index in [9.17, 15) is 14.4 Å². The van der Waals surface area contributed by atoms with Gasteiger partial charge in [-0.2, -0.15) is 0 Å². The molecule has 0 bridgehead atoms. The van der Waals surface area contributed by atoms with Gasteiger partial charge in [-0.15, -0.1) is 0 Å². The van der Waals surface area contributed by atoms with Crippen molar-refractivity contribution in [1.29, 1.82) is 0 Å². The third-order valence-corrected chi connectivity index (χ3v) is 5.43. The third-order valence-electron chi connectivity index (χ3n) is 5.43. The summed E-state index contributed by atoms with van der Waals surface area (Å²) in [6.45, 7) is 1.31. The van der Waals surface area contributed by atoms with Gasteiger partial charge in [-0.25, -0.2) is 0 Å². The quantitative estimate of drug-likeness (QED) is 0.866. The lowest BCUT2D eigenvalue weighted by Gasteiger charge is -2.37. The Morgan fingerprint density at radius 1 is 1.18 bits per heavy atom. The number of pyridine rings is 1. The summed E-state index contributed by atoms with van der Waals surface area (Å²) in [6, 6.07) is 8.37. The first-order valence-corrected chi connectivity index (χ1v) is 9.59. The Balaban J connectivity index is 1.62. The van der Waals surface area contributed by atoms with Gasteiger partial charge in [0.05, 0.1) is 12.2 Å². The minimum atomic E-state index is -0.504. The number of hydrogen-bond acceptors (Lipinski definition) is 4. The van der Waals surface area contributed by atoms with E-state index in [1.165, 1.54) is 10.6 Å². The van der Waals surface area contributed by atoms with Crippen molar-refractivity contribution in [3.8, 4) is 5.75 Å². The first kappa shape index (κ1) is 18.3. The highest BCUT2D eigenvalue weighted by molar-refractivity contribution is 6.05. The average Bonchev–Trinajstić information content (AvgIpc) is 2.69. The largest absolute Gasteiger partial charge is 0.493 e. The van der Waals surface area contributed by atoms with E-state index in [4.69, 9.17) is 4.74 Å². The van der Waals surface area contributed by atoms with Gasteiger partial charge < -0.3 is 19.5 Å². The average molecular weight is 381 g/mol. The molecule has 4 rings (SSSR count). The highest BCUT2D eigenvalue weighted by Crippen LogP contribution is 2.31. The molecule has 1 saturated heterocycles. The molecule has 0 saturated carbocycles. The van der Waals surface area contributed by atoms with Gasteiger partial charge in [0.15, 0.2) is 0 Å². The van der Waals surface area contributed by atoms with Crippen molar-refractivity contribution in [2.24, 2.45) is 7.05 Å². The second kappa shape index (κ2) is 7.50. The van der Waals surface area contributed by atoms with Crippen molar-refractivity contribution in [2.75, 3.05) is 18.5 Å². The normalized spacial score (nSPS) is 19.0. The van der Waals surface area contributed by atoms with Gasteiger partial charge in [0.25, 0.3) is 17.4 Å². The lowest BCUT2D eigenvalue weighted by Crippen LogP contribution is -2.45. The number of amides is 2. The monoisotopic (exact) mass is 381 g/mol. The third kappa shape index (κ3) is 3.40. The van der Waals surface area contributed by atoms with Crippen LogP contribution in [0.25, 0.3) is 0 Å². The molecule has 7 heteroatoms. The SMILES string of the molecule is Cn1cccc(C(=O)Nc2ccc3c(c2)C(=O)N2CCCCC2CCO3)c1=O. The molecule has 2 aliphatic rings. The molecule has 1 aromatic carbocycles. The standard InChI is InChI=1S/C21H23N3O4/c1-23-10-4-6-16(20(23)26)19(25)22-14-7-8-18-17(13-14)21(27)24-11-3-2-5-15(24)9-12-28-18/h4,6-8,10,13,15H,2-3,5,9,11-12H2,1H3,(H,22,25). The molecule has 2 aromatic rings. The van der Waals surface area contributed by atoms with Crippen molar-refractivity contribution in [3.63, 3.8) is 0 Å². The summed E-state index contributed by atoms with van der Waals surface area (Å²) in [4.78, 5) is 39.7. The number of nitrogens with zero attached hydrogens (tertiary/aromatic N) is 2. The van der Waals surface area contributed by atoms with E-state index >= 15 is 0 Å². The number of ether oxygens (including phenoxy) is 1. The Morgan fingerprint density at radius 3 is 2.89 bits per heavy atom. The molecule has 28 heavy (non-hydrogen) atoms. The molecule has 2 amide bonds. The van der Waals surface area contributed by atoms with Crippen molar-refractivity contribution >= 4 is 17.5 Å². The highest BCUT2D eigenvalue weighted by Gasteiger charge is 2.31. The van der Waals surface area contributed by atoms with E-state index in [0.717, 1.165) is 32.2 Å². The summed E-state index contributed by atoms with van der Waals surface area (Å²) in [5.41, 5.74) is 0.586. The van der Waals surface area contributed by atoms with E-state index in [2.05, 4.69) is 5.32 Å². The highest BCUT2D eigenvalue weighted by atomic mass is 16.5. The van der Waals surface area contributed by atoms with Gasteiger partial charge in [0, 0.05) is 37.9 Å². The Hall–Kier alpha value is -3.09. The summed E-state index contributed by atoms with van der Waals surface area (Å²) in [5, 5.41) is 2.73. The van der Waals surface area contributed by atoms with Crippen molar-refractivity contribution in [1.82, 2.24) is 9.47 Å². The van der Waals surface area contributed by atoms with Crippen LogP contribution < -0.4 is 15.6 Å². The number of nitrogens with one attached hydrogen (secondary N) is 1. The van der Waals surface area contributed by atoms with Crippen LogP contribution in [0.1, 0.15) is 46.4 Å². The summed E-state index contributed by atoms with van der Waals surface area (Å²) >= 11 is 0. The Labute approximate surface area is 162 Å². The van der Waals surface area contributed by atoms with Crippen molar-refractivity contribution < 1.29 is 14.3 Å². The fourth-order valence-corrected chi connectivity index (χ4v) is 3.90. The Bertz CT molecular complexity index is 982. The van der Waals surface area contributed by atoms with Crippen LogP contribution in [0, 0.1) is 0 Å². The summed E-state index contributed by atoms with van der Waals surface area (Å²) in [7, 11) is 1.59. The first-order chi connectivity index (χ1) is 13.5. The molecule has 0 radical (unpaired) electrons. The second-order valence-corrected chi connectivity index (χ2v) is 7.29. The Kier molecular flexibility index (Phi) is 4.90. The minimum absolute atomic E-state index is 0.0513. The lowest BCUT2D eigenvalue weighted by molar-refractivity contribution is 0.0548. The predicted octanol–water partition coefficient (Wildman–Crippen LogP) is 2.41. The van der Waals surface area contributed by atoms with E-state index in [1.807, 2.05) is 4.90 Å². The second-order valence-electron chi connectivity index (χ2n) is 7.29. The molecule has 0 spiro atoms. The van der Waals surface area contributed by atoms with E-state index in [-0.39, 0.29) is 23.1 Å². The maximum Gasteiger partial charge on any atom is 0.263 e. The van der Waals surface area contributed by atoms with Crippen LogP contribution in [-0.2, 0) is 7.05 Å². The molecule has 1 aromatic heterocycles. The van der Waals surface area contributed by atoms with E-state index < -0.39 is 5.91 Å². The lowest BCUT2D eigenvalue weighted by atomic mass is 9.97. The number of piperidine rings is 1. The van der Waals surface area contributed by atoms with Crippen LogP contribution >= 0.6 is 0 Å². The maximum atomic E-state index is 13.1. The van der Waals surface area contributed by atoms with Gasteiger partial charge in [-0.1, -0.05) is 0 Å². The smallest absolute Gasteiger partial charge is 0.263 e. The van der Waals surface area contributed by atoms with Gasteiger partial charge in [-0.05, 0) is 49.6 Å². The topological polar surface area (TPSA) is 80.6 Å². The van der Waals surface area contributed by atoms with Crippen molar-refractivity contribution in [3.05, 3.63) is 58.0 Å². The maximum absolute atomic E-state index is 13.1. The molecule has 0 aliphatic carbocycles. The zero-order valence-corrected chi connectivity index (χ0v) is 15.8. The fraction of sp³-hybridized carbons (Fsp3) is 0.381. The van der Waals surface area contributed by atoms with Crippen LogP contribution in [0.15, 0.2) is 41.3 Å². The predicted molar refractivity (Wildman–Crippen MR) is 105 cm³/mol. The molecule has 146 valence electrons. The molecule has 1 N–H and O–H groups in total. The minimum Gasteiger partial charge on any atom is -0.493 e. The zero-order chi connectivity index (χ0) is 19.7. The molecular weight excluding hydrogens is 358 g/mol. The number of benzene rings is 1. The first-order valence-electron chi connectivity index (χ1n) is 9.59. The van der Waals surface area contributed by atoms with Crippen LogP contribution in [-0.4, -0.2) is 40.5 Å². The van der Waals surface area contributed by atoms with Crippen LogP contribution in [0.2, 0.25) is 0 Å². The molecule has 2 aliphatic heterocycles. The molecule has 1 atom stereocenters. The molecular formula is C21H23N3O4. The number of aromatic nitrogens is 1. The van der Waals surface area contributed by atoms with E-state index in [1.54, 1.807) is 37.5 Å². The summed E-state index contributed by atoms with van der Waals surface area (Å²) < 4.78 is 7.16. The molecule has 7 nitrogen and oxygen atoms in total. The van der Waals surface area contributed by atoms with Crippen molar-refractivity contribution in [2.45, 2.75) is 31.7 Å². The van der Waals surface area contributed by atoms with Gasteiger partial charge >= 0.3 is 0 Å².